The minimum Gasteiger partial charge on any atom is -0.489 e. The number of hydrogen-bond donors (Lipinski definition) is 1. The fraction of sp³-hybridized carbons (Fsp3) is 0.240. The van der Waals surface area contributed by atoms with Crippen molar-refractivity contribution in [1.82, 2.24) is 15.5 Å². The Hall–Kier alpha value is -3.45. The summed E-state index contributed by atoms with van der Waals surface area (Å²) in [5.41, 5.74) is 5.66. The zero-order valence-corrected chi connectivity index (χ0v) is 19.2. The van der Waals surface area contributed by atoms with Gasteiger partial charge in [0.1, 0.15) is 18.1 Å². The lowest BCUT2D eigenvalue weighted by atomic mass is 10.1. The number of nitrogens with one attached hydrogen (secondary N) is 1. The van der Waals surface area contributed by atoms with Crippen molar-refractivity contribution in [3.8, 4) is 17.0 Å². The number of hydrogen-bond acceptors (Lipinski definition) is 6. The van der Waals surface area contributed by atoms with Crippen LogP contribution < -0.4 is 10.1 Å². The van der Waals surface area contributed by atoms with Gasteiger partial charge in [0.05, 0.1) is 22.0 Å². The van der Waals surface area contributed by atoms with Gasteiger partial charge in [-0.15, -0.1) is 11.3 Å². The second-order valence-electron chi connectivity index (χ2n) is 7.57. The van der Waals surface area contributed by atoms with Crippen molar-refractivity contribution in [1.29, 1.82) is 0 Å². The molecule has 2 heterocycles. The largest absolute Gasteiger partial charge is 0.489 e. The second kappa shape index (κ2) is 9.78. The van der Waals surface area contributed by atoms with Gasteiger partial charge in [0.25, 0.3) is 5.91 Å². The van der Waals surface area contributed by atoms with Gasteiger partial charge in [-0.2, -0.15) is 0 Å². The molecule has 4 rings (SSSR count). The van der Waals surface area contributed by atoms with Crippen LogP contribution in [0.5, 0.6) is 5.75 Å². The molecule has 0 atom stereocenters. The van der Waals surface area contributed by atoms with Crippen molar-refractivity contribution in [2.45, 2.75) is 33.8 Å². The third-order valence-electron chi connectivity index (χ3n) is 5.25. The summed E-state index contributed by atoms with van der Waals surface area (Å²) in [5, 5.41) is 10.0. The number of rotatable bonds is 8. The van der Waals surface area contributed by atoms with E-state index in [1.165, 1.54) is 5.56 Å². The molecule has 0 unspecified atom stereocenters. The molecule has 0 saturated carbocycles. The van der Waals surface area contributed by atoms with Crippen LogP contribution in [0.2, 0.25) is 0 Å². The molecular weight excluding hydrogens is 422 g/mol. The van der Waals surface area contributed by atoms with Gasteiger partial charge in [0.15, 0.2) is 0 Å². The molecule has 6 nitrogen and oxygen atoms in total. The van der Waals surface area contributed by atoms with Crippen molar-refractivity contribution in [2.75, 3.05) is 6.54 Å². The number of nitrogens with zero attached hydrogens (tertiary/aromatic N) is 2. The molecule has 164 valence electrons. The maximum absolute atomic E-state index is 12.4. The summed E-state index contributed by atoms with van der Waals surface area (Å²) in [7, 11) is 0. The van der Waals surface area contributed by atoms with Crippen molar-refractivity contribution < 1.29 is 14.1 Å². The van der Waals surface area contributed by atoms with E-state index in [0.29, 0.717) is 24.5 Å². The summed E-state index contributed by atoms with van der Waals surface area (Å²) in [4.78, 5) is 17.0. The predicted molar refractivity (Wildman–Crippen MR) is 125 cm³/mol. The first-order valence-electron chi connectivity index (χ1n) is 10.4. The molecule has 2 aromatic carbocycles. The van der Waals surface area contributed by atoms with Crippen molar-refractivity contribution >= 4 is 17.2 Å². The Bertz CT molecular complexity index is 1170. The molecule has 32 heavy (non-hydrogen) atoms. The highest BCUT2D eigenvalue weighted by Crippen LogP contribution is 2.22. The van der Waals surface area contributed by atoms with E-state index in [0.717, 1.165) is 39.7 Å². The predicted octanol–water partition coefficient (Wildman–Crippen LogP) is 5.27. The number of benzene rings is 2. The van der Waals surface area contributed by atoms with E-state index in [-0.39, 0.29) is 5.91 Å². The van der Waals surface area contributed by atoms with Crippen LogP contribution in [-0.4, -0.2) is 22.6 Å². The molecule has 0 spiro atoms. The first kappa shape index (κ1) is 21.8. The molecule has 7 heteroatoms. The Labute approximate surface area is 191 Å². The van der Waals surface area contributed by atoms with Gasteiger partial charge < -0.3 is 14.6 Å². The lowest BCUT2D eigenvalue weighted by Crippen LogP contribution is -2.25. The molecule has 0 aliphatic rings. The number of ether oxygens (including phenoxy) is 1. The van der Waals surface area contributed by atoms with E-state index < -0.39 is 0 Å². The van der Waals surface area contributed by atoms with E-state index in [4.69, 9.17) is 9.26 Å². The summed E-state index contributed by atoms with van der Waals surface area (Å²) in [6.07, 6.45) is 0.765. The summed E-state index contributed by atoms with van der Waals surface area (Å²) in [6, 6.07) is 15.5. The van der Waals surface area contributed by atoms with Crippen LogP contribution in [0.15, 0.2) is 58.4 Å². The van der Waals surface area contributed by atoms with E-state index in [1.807, 2.05) is 20.8 Å². The van der Waals surface area contributed by atoms with Gasteiger partial charge in [-0.05, 0) is 57.0 Å². The number of thiazole rings is 1. The molecular formula is C25H25N3O3S. The van der Waals surface area contributed by atoms with Crippen molar-refractivity contribution in [3.05, 3.63) is 87.1 Å². The first-order valence-corrected chi connectivity index (χ1v) is 11.3. The van der Waals surface area contributed by atoms with Crippen LogP contribution in [0.1, 0.15) is 37.9 Å². The third kappa shape index (κ3) is 5.23. The van der Waals surface area contributed by atoms with Gasteiger partial charge in [-0.3, -0.25) is 4.79 Å². The molecule has 4 aromatic rings. The SMILES string of the molecule is Cc1nc(-c2ccc(CCNC(=O)c3ccc(OCc4c(C)noc4C)cc3)cc2)cs1. The number of aryl methyl sites for hydroxylation is 3. The lowest BCUT2D eigenvalue weighted by Gasteiger charge is -2.08. The molecule has 0 saturated heterocycles. The van der Waals surface area contributed by atoms with E-state index in [1.54, 1.807) is 35.6 Å². The average molecular weight is 448 g/mol. The van der Waals surface area contributed by atoms with Gasteiger partial charge in [0, 0.05) is 23.1 Å². The van der Waals surface area contributed by atoms with E-state index >= 15 is 0 Å². The molecule has 1 amide bonds. The molecule has 2 aromatic heterocycles. The van der Waals surface area contributed by atoms with Gasteiger partial charge in [-0.1, -0.05) is 29.4 Å². The monoisotopic (exact) mass is 447 g/mol. The number of amides is 1. The Morgan fingerprint density at radius 1 is 1.06 bits per heavy atom. The molecule has 0 fully saturated rings. The highest BCUT2D eigenvalue weighted by Gasteiger charge is 2.10. The standard InChI is InChI=1S/C25H25N3O3S/c1-16-23(17(2)31-28-16)14-30-22-10-8-21(9-11-22)25(29)26-13-12-19-4-6-20(7-5-19)24-15-32-18(3)27-24/h4-11,15H,12-14H2,1-3H3,(H,26,29). The zero-order valence-electron chi connectivity index (χ0n) is 18.3. The van der Waals surface area contributed by atoms with E-state index in [2.05, 4.69) is 45.1 Å². The summed E-state index contributed by atoms with van der Waals surface area (Å²) in [6.45, 7) is 6.71. The second-order valence-corrected chi connectivity index (χ2v) is 8.63. The molecule has 0 radical (unpaired) electrons. The lowest BCUT2D eigenvalue weighted by molar-refractivity contribution is 0.0954. The van der Waals surface area contributed by atoms with Crippen LogP contribution in [0.25, 0.3) is 11.3 Å². The first-order chi connectivity index (χ1) is 15.5. The smallest absolute Gasteiger partial charge is 0.251 e. The van der Waals surface area contributed by atoms with Crippen LogP contribution in [0.4, 0.5) is 0 Å². The van der Waals surface area contributed by atoms with Gasteiger partial charge in [0.2, 0.25) is 0 Å². The average Bonchev–Trinajstić information content (AvgIpc) is 3.38. The normalized spacial score (nSPS) is 10.8. The molecule has 1 N–H and O–H groups in total. The number of carbonyl (C=O) groups excluding carboxylic acids is 1. The van der Waals surface area contributed by atoms with Gasteiger partial charge >= 0.3 is 0 Å². The van der Waals surface area contributed by atoms with Crippen LogP contribution in [0.3, 0.4) is 0 Å². The van der Waals surface area contributed by atoms with Gasteiger partial charge in [-0.25, -0.2) is 4.98 Å². The Morgan fingerprint density at radius 3 is 2.44 bits per heavy atom. The van der Waals surface area contributed by atoms with Crippen molar-refractivity contribution in [3.63, 3.8) is 0 Å². The molecule has 0 bridgehead atoms. The minimum absolute atomic E-state index is 0.100. The molecule has 0 aliphatic heterocycles. The summed E-state index contributed by atoms with van der Waals surface area (Å²) < 4.78 is 10.9. The highest BCUT2D eigenvalue weighted by atomic mass is 32.1. The number of aromatic nitrogens is 2. The highest BCUT2D eigenvalue weighted by molar-refractivity contribution is 7.09. The maximum atomic E-state index is 12.4. The Balaban J connectivity index is 1.25. The van der Waals surface area contributed by atoms with Crippen LogP contribution >= 0.6 is 11.3 Å². The Kier molecular flexibility index (Phi) is 6.66. The van der Waals surface area contributed by atoms with E-state index in [9.17, 15) is 4.79 Å². The fourth-order valence-corrected chi connectivity index (χ4v) is 3.95. The summed E-state index contributed by atoms with van der Waals surface area (Å²) in [5.74, 6) is 1.35. The van der Waals surface area contributed by atoms with Crippen molar-refractivity contribution in [2.24, 2.45) is 0 Å². The fourth-order valence-electron chi connectivity index (χ4n) is 3.33. The number of carbonyl (C=O) groups is 1. The zero-order chi connectivity index (χ0) is 22.5. The summed E-state index contributed by atoms with van der Waals surface area (Å²) >= 11 is 1.65. The van der Waals surface area contributed by atoms with Crippen LogP contribution in [0, 0.1) is 20.8 Å². The third-order valence-corrected chi connectivity index (χ3v) is 6.02. The quantitative estimate of drug-likeness (QED) is 0.398. The van der Waals surface area contributed by atoms with Crippen LogP contribution in [-0.2, 0) is 13.0 Å². The molecule has 0 aliphatic carbocycles. The Morgan fingerprint density at radius 2 is 1.81 bits per heavy atom. The topological polar surface area (TPSA) is 77.2 Å². The maximum Gasteiger partial charge on any atom is 0.251 e. The minimum atomic E-state index is -0.100.